The van der Waals surface area contributed by atoms with Gasteiger partial charge in [0.1, 0.15) is 12.2 Å². The van der Waals surface area contributed by atoms with Crippen LogP contribution in [0.1, 0.15) is 13.8 Å². The van der Waals surface area contributed by atoms with Crippen LogP contribution in [0.3, 0.4) is 0 Å². The predicted molar refractivity (Wildman–Crippen MR) is 46.9 cm³/mol. The molecule has 0 aromatic heterocycles. The number of hydrogen-bond acceptors (Lipinski definition) is 2. The van der Waals surface area contributed by atoms with Gasteiger partial charge in [-0.1, -0.05) is 0 Å². The number of rotatable bonds is 4. The summed E-state index contributed by atoms with van der Waals surface area (Å²) < 4.78 is 11.1. The number of hydrogen-bond donors (Lipinski definition) is 1. The molecule has 3 atom stereocenters. The van der Waals surface area contributed by atoms with Gasteiger partial charge in [0.25, 0.3) is 0 Å². The normalized spacial score (nSPS) is 35.8. The first-order valence-corrected chi connectivity index (χ1v) is 4.67. The van der Waals surface area contributed by atoms with Gasteiger partial charge in [-0.15, -0.1) is 0 Å². The van der Waals surface area contributed by atoms with Crippen LogP contribution in [0, 0.1) is 7.05 Å². The van der Waals surface area contributed by atoms with E-state index in [9.17, 15) is 0 Å². The van der Waals surface area contributed by atoms with E-state index in [0.29, 0.717) is 0 Å². The van der Waals surface area contributed by atoms with Crippen molar-refractivity contribution in [2.45, 2.75) is 26.1 Å². The second kappa shape index (κ2) is 4.80. The van der Waals surface area contributed by atoms with Gasteiger partial charge in [0.05, 0.1) is 13.1 Å². The molecule has 0 spiro atoms. The van der Waals surface area contributed by atoms with Crippen molar-refractivity contribution in [3.63, 3.8) is 0 Å². The molecule has 0 aromatic carbocycles. The third-order valence-corrected chi connectivity index (χ3v) is 2.16. The summed E-state index contributed by atoms with van der Waals surface area (Å²) in [6.07, 6.45) is 0.505. The molecule has 1 heterocycles. The Hall–Kier alpha value is -0.120. The average Bonchev–Trinajstić information content (AvgIpc) is 2.33. The lowest BCUT2D eigenvalue weighted by molar-refractivity contribution is -0.842. The van der Waals surface area contributed by atoms with Gasteiger partial charge in [0.15, 0.2) is 0 Å². The van der Waals surface area contributed by atoms with E-state index in [1.54, 1.807) is 0 Å². The number of likely N-dealkylation sites (tertiary alicyclic amines) is 1. The van der Waals surface area contributed by atoms with Gasteiger partial charge in [-0.05, 0) is 13.8 Å². The number of quaternary nitrogens is 1. The van der Waals surface area contributed by atoms with Crippen LogP contribution in [0.5, 0.6) is 0 Å². The van der Waals surface area contributed by atoms with Gasteiger partial charge in [0.2, 0.25) is 0 Å². The third-order valence-electron chi connectivity index (χ3n) is 2.16. The Kier molecular flexibility index (Phi) is 3.98. The molecule has 1 aliphatic heterocycles. The van der Waals surface area contributed by atoms with Crippen molar-refractivity contribution in [2.75, 3.05) is 26.3 Å². The Bertz CT molecular complexity index is 116. The first-order chi connectivity index (χ1) is 5.77. The van der Waals surface area contributed by atoms with Gasteiger partial charge in [-0.25, -0.2) is 0 Å². The van der Waals surface area contributed by atoms with E-state index in [0.717, 1.165) is 26.3 Å². The van der Waals surface area contributed by atoms with E-state index >= 15 is 0 Å². The van der Waals surface area contributed by atoms with Crippen LogP contribution in [0.2, 0.25) is 0 Å². The molecule has 0 aromatic rings. The van der Waals surface area contributed by atoms with Crippen LogP contribution in [-0.4, -0.2) is 38.5 Å². The highest BCUT2D eigenvalue weighted by atomic mass is 16.5. The number of nitrogens with one attached hydrogen (secondary N) is 1. The lowest BCUT2D eigenvalue weighted by Crippen LogP contribution is -3.05. The van der Waals surface area contributed by atoms with Crippen LogP contribution >= 0.6 is 0 Å². The summed E-state index contributed by atoms with van der Waals surface area (Å²) in [7, 11) is 3.96. The van der Waals surface area contributed by atoms with Gasteiger partial charge in [-0.2, -0.15) is 7.05 Å². The molecule has 0 amide bonds. The zero-order valence-electron chi connectivity index (χ0n) is 8.01. The molecule has 12 heavy (non-hydrogen) atoms. The Morgan fingerprint density at radius 2 is 1.58 bits per heavy atom. The molecule has 3 nitrogen and oxygen atoms in total. The maximum atomic E-state index is 5.55. The molecule has 3 heteroatoms. The minimum absolute atomic E-state index is 0.252. The van der Waals surface area contributed by atoms with Crippen LogP contribution < -0.4 is 4.90 Å². The minimum atomic E-state index is 0.252. The van der Waals surface area contributed by atoms with Gasteiger partial charge >= 0.3 is 0 Å². The molecular formula is C9H19NO2. The largest absolute Gasteiger partial charge is 0.463 e. The summed E-state index contributed by atoms with van der Waals surface area (Å²) >= 11 is 0. The minimum Gasteiger partial charge on any atom is -0.463 e. The van der Waals surface area contributed by atoms with Crippen molar-refractivity contribution in [1.82, 2.24) is 0 Å². The van der Waals surface area contributed by atoms with E-state index in [2.05, 4.69) is 7.05 Å². The molecule has 0 aliphatic carbocycles. The van der Waals surface area contributed by atoms with Crippen LogP contribution in [0.25, 0.3) is 0 Å². The lowest BCUT2D eigenvalue weighted by Gasteiger charge is -2.15. The summed E-state index contributed by atoms with van der Waals surface area (Å²) in [4.78, 5) is 1.26. The standard InChI is InChI=1S/C9H19NO2/c1-4-11-8-6-10(3)7-9(8)12-5-2/h8-10H,3-7H2,1-2H3/t8-,9+. The fraction of sp³-hybridized carbons (Fsp3) is 0.889. The van der Waals surface area contributed by atoms with E-state index in [4.69, 9.17) is 9.47 Å². The van der Waals surface area contributed by atoms with Crippen molar-refractivity contribution < 1.29 is 14.4 Å². The van der Waals surface area contributed by atoms with Crippen LogP contribution in [0.15, 0.2) is 0 Å². The SMILES string of the molecule is [CH2-][NH+]1C[C@H](OCC)[C@H](OCC)C1. The highest BCUT2D eigenvalue weighted by molar-refractivity contribution is 4.74. The molecule has 0 saturated carbocycles. The highest BCUT2D eigenvalue weighted by Crippen LogP contribution is 2.05. The Labute approximate surface area is 74.6 Å². The smallest absolute Gasteiger partial charge is 0.136 e. The lowest BCUT2D eigenvalue weighted by atomic mass is 10.2. The Balaban J connectivity index is 2.36. The quantitative estimate of drug-likeness (QED) is 0.578. The van der Waals surface area contributed by atoms with Crippen molar-refractivity contribution in [3.05, 3.63) is 7.05 Å². The molecule has 0 radical (unpaired) electrons. The highest BCUT2D eigenvalue weighted by Gasteiger charge is 2.32. The summed E-state index contributed by atoms with van der Waals surface area (Å²) in [6.45, 7) is 7.51. The van der Waals surface area contributed by atoms with Gasteiger partial charge < -0.3 is 14.4 Å². The molecule has 0 bridgehead atoms. The second-order valence-corrected chi connectivity index (χ2v) is 3.15. The first-order valence-electron chi connectivity index (χ1n) is 4.67. The molecule has 1 N–H and O–H groups in total. The monoisotopic (exact) mass is 173 g/mol. The maximum absolute atomic E-state index is 5.55. The fourth-order valence-electron chi connectivity index (χ4n) is 1.68. The van der Waals surface area contributed by atoms with E-state index in [-0.39, 0.29) is 12.2 Å². The van der Waals surface area contributed by atoms with Crippen LogP contribution in [0.4, 0.5) is 0 Å². The fourth-order valence-corrected chi connectivity index (χ4v) is 1.68. The van der Waals surface area contributed by atoms with Crippen molar-refractivity contribution in [1.29, 1.82) is 0 Å². The molecule has 1 aliphatic rings. The maximum Gasteiger partial charge on any atom is 0.136 e. The van der Waals surface area contributed by atoms with E-state index in [1.807, 2.05) is 13.8 Å². The zero-order chi connectivity index (χ0) is 8.97. The van der Waals surface area contributed by atoms with Crippen molar-refractivity contribution in [3.8, 4) is 0 Å². The summed E-state index contributed by atoms with van der Waals surface area (Å²) in [5.74, 6) is 0. The molecule has 1 saturated heterocycles. The zero-order valence-corrected chi connectivity index (χ0v) is 8.01. The van der Waals surface area contributed by atoms with Crippen molar-refractivity contribution in [2.24, 2.45) is 0 Å². The van der Waals surface area contributed by atoms with Crippen LogP contribution in [-0.2, 0) is 9.47 Å². The molecule has 1 fully saturated rings. The van der Waals surface area contributed by atoms with Crippen molar-refractivity contribution >= 4 is 0 Å². The van der Waals surface area contributed by atoms with E-state index in [1.165, 1.54) is 4.90 Å². The molecule has 72 valence electrons. The average molecular weight is 173 g/mol. The third kappa shape index (κ3) is 2.44. The summed E-state index contributed by atoms with van der Waals surface area (Å²) in [5.41, 5.74) is 0. The van der Waals surface area contributed by atoms with Gasteiger partial charge in [-0.3, -0.25) is 0 Å². The topological polar surface area (TPSA) is 22.9 Å². The summed E-state index contributed by atoms with van der Waals surface area (Å²) in [5, 5.41) is 0. The predicted octanol–water partition coefficient (Wildman–Crippen LogP) is -0.513. The first kappa shape index (κ1) is 9.96. The number of ether oxygens (including phenoxy) is 2. The van der Waals surface area contributed by atoms with E-state index < -0.39 is 0 Å². The Morgan fingerprint density at radius 3 is 1.92 bits per heavy atom. The second-order valence-electron chi connectivity index (χ2n) is 3.15. The molecule has 1 rings (SSSR count). The molecule has 1 unspecified atom stereocenters. The summed E-state index contributed by atoms with van der Waals surface area (Å²) in [6, 6.07) is 0. The molecular weight excluding hydrogens is 154 g/mol. The van der Waals surface area contributed by atoms with Gasteiger partial charge in [0, 0.05) is 13.2 Å². The Morgan fingerprint density at radius 1 is 1.17 bits per heavy atom.